The molecule has 0 aromatic heterocycles. The average molecular weight is 319 g/mol. The van der Waals surface area contributed by atoms with Gasteiger partial charge in [-0.1, -0.05) is 6.58 Å². The van der Waals surface area contributed by atoms with E-state index in [0.717, 1.165) is 0 Å². The zero-order valence-corrected chi connectivity index (χ0v) is 9.76. The van der Waals surface area contributed by atoms with E-state index in [2.05, 4.69) is 39.8 Å². The fraction of sp³-hybridized carbons (Fsp3) is 0.400. The van der Waals surface area contributed by atoms with Crippen LogP contribution >= 0.6 is 28.5 Å². The Labute approximate surface area is 80.8 Å². The van der Waals surface area contributed by atoms with Crippen LogP contribution in [0.4, 0.5) is 0 Å². The number of halogens is 2. The number of hydrogen-bond acceptors (Lipinski definition) is 2. The van der Waals surface area contributed by atoms with Crippen molar-refractivity contribution in [2.45, 2.75) is 6.92 Å². The fourth-order valence-electron chi connectivity index (χ4n) is 0.174. The van der Waals surface area contributed by atoms with Gasteiger partial charge in [0, 0.05) is 5.57 Å². The maximum atomic E-state index is 10.2. The van der Waals surface area contributed by atoms with Crippen molar-refractivity contribution < 1.29 is 20.4 Å². The summed E-state index contributed by atoms with van der Waals surface area (Å²) < 4.78 is 4.27. The Balaban J connectivity index is 0. The van der Waals surface area contributed by atoms with Crippen LogP contribution in [0.1, 0.15) is 6.92 Å². The van der Waals surface area contributed by atoms with Crippen molar-refractivity contribution in [3.63, 3.8) is 0 Å². The molecule has 64 valence electrons. The third-order valence-corrected chi connectivity index (χ3v) is 0.534. The Morgan fingerprint density at radius 2 is 1.90 bits per heavy atom. The fourth-order valence-corrected chi connectivity index (χ4v) is 0.174. The first-order valence-corrected chi connectivity index (χ1v) is 7.04. The number of esters is 1. The van der Waals surface area contributed by atoms with Crippen LogP contribution in [0.3, 0.4) is 0 Å². The first-order valence-electron chi connectivity index (χ1n) is 2.16. The molecule has 2 nitrogen and oxygen atoms in total. The molecule has 0 fully saturated rings. The van der Waals surface area contributed by atoms with Gasteiger partial charge < -0.3 is 4.74 Å². The Hall–Kier alpha value is 0.664. The molecule has 0 unspecified atom stereocenters. The molecular weight excluding hydrogens is 311 g/mol. The minimum absolute atomic E-state index is 0.347. The van der Waals surface area contributed by atoms with E-state index >= 15 is 0 Å². The molecule has 0 bridgehead atoms. The van der Waals surface area contributed by atoms with Gasteiger partial charge in [-0.15, -0.1) is 0 Å². The molecule has 0 N–H and O–H groups in total. The Morgan fingerprint density at radius 1 is 1.60 bits per heavy atom. The van der Waals surface area contributed by atoms with Crippen LogP contribution < -0.4 is 0 Å². The summed E-state index contributed by atoms with van der Waals surface area (Å²) in [5.74, 6) is -0.347. The summed E-state index contributed by atoms with van der Waals surface area (Å²) in [7, 11) is 2.58. The molecule has 0 aromatic carbocycles. The van der Waals surface area contributed by atoms with Gasteiger partial charge in [-0.25, -0.2) is 4.79 Å². The minimum atomic E-state index is -0.347. The average Bonchev–Trinajstić information content (AvgIpc) is 1.88. The summed E-state index contributed by atoms with van der Waals surface area (Å²) in [6, 6.07) is 0. The second-order valence-corrected chi connectivity index (χ2v) is 6.30. The topological polar surface area (TPSA) is 26.3 Å². The number of rotatable bonds is 1. The molecule has 0 aromatic rings. The maximum absolute atomic E-state index is 10.2. The van der Waals surface area contributed by atoms with Crippen LogP contribution in [0.5, 0.6) is 0 Å². The Morgan fingerprint density at radius 3 is 1.90 bits per heavy atom. The second kappa shape index (κ2) is 9.66. The summed E-state index contributed by atoms with van der Waals surface area (Å²) >= 11 is 6.00. The van der Waals surface area contributed by atoms with Crippen LogP contribution in [0.2, 0.25) is 0 Å². The molecule has 0 aliphatic heterocycles. The zero-order chi connectivity index (χ0) is 8.57. The van der Waals surface area contributed by atoms with Crippen molar-refractivity contribution in [1.29, 1.82) is 0 Å². The molecule has 0 spiro atoms. The van der Waals surface area contributed by atoms with Gasteiger partial charge in [0.25, 0.3) is 0 Å². The van der Waals surface area contributed by atoms with Crippen molar-refractivity contribution in [3.05, 3.63) is 12.2 Å². The van der Waals surface area contributed by atoms with E-state index < -0.39 is 0 Å². The van der Waals surface area contributed by atoms with E-state index in [9.17, 15) is 4.79 Å². The van der Waals surface area contributed by atoms with Crippen molar-refractivity contribution in [2.75, 3.05) is 7.11 Å². The molecule has 0 radical (unpaired) electrons. The molecule has 0 saturated carbocycles. The summed E-state index contributed by atoms with van der Waals surface area (Å²) in [6.45, 7) is 4.95. The third kappa shape index (κ3) is 11.5. The molecular formula is C5H8Br2NiO2. The Kier molecular flexibility index (Phi) is 12.8. The van der Waals surface area contributed by atoms with E-state index in [1.807, 2.05) is 0 Å². The normalized spacial score (nSPS) is 7.60. The summed E-state index contributed by atoms with van der Waals surface area (Å²) in [5.41, 5.74) is 0.433. The van der Waals surface area contributed by atoms with Gasteiger partial charge in [0.15, 0.2) is 0 Å². The van der Waals surface area contributed by atoms with E-state index in [0.29, 0.717) is 5.57 Å². The van der Waals surface area contributed by atoms with Crippen LogP contribution in [-0.4, -0.2) is 13.1 Å². The SMILES string of the molecule is C=C(C)C(=O)OC.[Br][Ni][Br]. The van der Waals surface area contributed by atoms with Crippen LogP contribution in [0.15, 0.2) is 12.2 Å². The molecule has 0 heterocycles. The van der Waals surface area contributed by atoms with E-state index in [1.165, 1.54) is 18.0 Å². The molecule has 10 heavy (non-hydrogen) atoms. The number of ether oxygens (including phenoxy) is 1. The predicted molar refractivity (Wildman–Crippen MR) is 44.7 cm³/mol. The summed E-state index contributed by atoms with van der Waals surface area (Å²) in [6.07, 6.45) is 0. The summed E-state index contributed by atoms with van der Waals surface area (Å²) in [4.78, 5) is 10.2. The van der Waals surface area contributed by atoms with Crippen LogP contribution in [0.25, 0.3) is 0 Å². The molecule has 0 rings (SSSR count). The van der Waals surface area contributed by atoms with Gasteiger partial charge in [0.05, 0.1) is 7.11 Å². The van der Waals surface area contributed by atoms with Crippen LogP contribution in [-0.2, 0) is 20.4 Å². The molecule has 0 aliphatic rings. The number of methoxy groups -OCH3 is 1. The first kappa shape index (κ1) is 13.3. The van der Waals surface area contributed by atoms with Gasteiger partial charge in [0.1, 0.15) is 0 Å². The van der Waals surface area contributed by atoms with Crippen molar-refractivity contribution in [2.24, 2.45) is 0 Å². The number of carbonyl (C=O) groups excluding carboxylic acids is 1. The van der Waals surface area contributed by atoms with E-state index in [-0.39, 0.29) is 5.97 Å². The van der Waals surface area contributed by atoms with Crippen molar-refractivity contribution >= 4 is 34.4 Å². The third-order valence-electron chi connectivity index (χ3n) is 0.534. The quantitative estimate of drug-likeness (QED) is 0.422. The molecule has 5 heteroatoms. The number of carbonyl (C=O) groups is 1. The molecule has 0 amide bonds. The van der Waals surface area contributed by atoms with Gasteiger partial charge >= 0.3 is 45.3 Å². The molecule has 0 atom stereocenters. The zero-order valence-electron chi connectivity index (χ0n) is 5.60. The van der Waals surface area contributed by atoms with Gasteiger partial charge in [-0.2, -0.15) is 0 Å². The predicted octanol–water partition coefficient (Wildman–Crippen LogP) is 2.42. The molecule has 0 aliphatic carbocycles. The molecule has 0 saturated heterocycles. The van der Waals surface area contributed by atoms with E-state index in [1.54, 1.807) is 6.92 Å². The van der Waals surface area contributed by atoms with Crippen molar-refractivity contribution in [1.82, 2.24) is 0 Å². The number of hydrogen-bond donors (Lipinski definition) is 0. The van der Waals surface area contributed by atoms with Crippen LogP contribution in [0, 0.1) is 0 Å². The van der Waals surface area contributed by atoms with Gasteiger partial charge in [-0.05, 0) is 6.92 Å². The summed E-state index contributed by atoms with van der Waals surface area (Å²) in [5, 5.41) is 0. The second-order valence-electron chi connectivity index (χ2n) is 1.32. The monoisotopic (exact) mass is 316 g/mol. The standard InChI is InChI=1S/C5H8O2.2BrH.Ni/c1-4(2)5(6)7-3;;;/h1H2,2-3H3;2*1H;/q;;;+2/p-2. The van der Waals surface area contributed by atoms with Gasteiger partial charge in [0.2, 0.25) is 0 Å². The van der Waals surface area contributed by atoms with Gasteiger partial charge in [-0.3, -0.25) is 0 Å². The van der Waals surface area contributed by atoms with Crippen molar-refractivity contribution in [3.8, 4) is 0 Å². The van der Waals surface area contributed by atoms with E-state index in [4.69, 9.17) is 0 Å². The Bertz CT molecular complexity index is 116. The first-order chi connectivity index (χ1) is 4.59.